The fourth-order valence-electron chi connectivity index (χ4n) is 2.41. The largest absolute Gasteiger partial charge is 0.493 e. The van der Waals surface area contributed by atoms with Gasteiger partial charge < -0.3 is 25.8 Å². The molecule has 1 atom stereocenters. The Balaban J connectivity index is 2.47. The van der Waals surface area contributed by atoms with E-state index in [2.05, 4.69) is 10.6 Å². The zero-order chi connectivity index (χ0) is 16.3. The molecule has 1 aliphatic rings. The van der Waals surface area contributed by atoms with Gasteiger partial charge in [-0.1, -0.05) is 6.07 Å². The predicted octanol–water partition coefficient (Wildman–Crippen LogP) is 1.21. The third-order valence-corrected chi connectivity index (χ3v) is 3.36. The maximum Gasteiger partial charge on any atom is 0.319 e. The van der Waals surface area contributed by atoms with Gasteiger partial charge in [0.1, 0.15) is 0 Å². The van der Waals surface area contributed by atoms with E-state index in [0.717, 1.165) is 0 Å². The molecular formula is C15H19N3O4. The van der Waals surface area contributed by atoms with E-state index in [0.29, 0.717) is 34.9 Å². The van der Waals surface area contributed by atoms with E-state index >= 15 is 0 Å². The second kappa shape index (κ2) is 6.38. The van der Waals surface area contributed by atoms with E-state index in [1.165, 1.54) is 7.11 Å². The molecule has 118 valence electrons. The van der Waals surface area contributed by atoms with Crippen LogP contribution in [0.4, 0.5) is 4.79 Å². The third-order valence-electron chi connectivity index (χ3n) is 3.36. The number of hydrogen-bond donors (Lipinski definition) is 3. The molecule has 0 aromatic heterocycles. The molecule has 7 heteroatoms. The predicted molar refractivity (Wildman–Crippen MR) is 80.5 cm³/mol. The molecule has 1 aromatic rings. The van der Waals surface area contributed by atoms with Crippen LogP contribution in [-0.4, -0.2) is 25.7 Å². The smallest absolute Gasteiger partial charge is 0.319 e. The molecule has 0 spiro atoms. The van der Waals surface area contributed by atoms with E-state index in [1.807, 2.05) is 6.92 Å². The standard InChI is InChI=1S/C15H19N3O4/c1-4-22-10-6-5-9(7-11(10)21-3)13-12(14(16)19)8(2)17-15(20)18-13/h5-7,13H,4H2,1-3H3,(H2,16,19)(H2,17,18,20)/t13-/m1/s1. The molecule has 1 aromatic carbocycles. The van der Waals surface area contributed by atoms with E-state index in [9.17, 15) is 9.59 Å². The minimum absolute atomic E-state index is 0.311. The van der Waals surface area contributed by atoms with Crippen molar-refractivity contribution in [3.63, 3.8) is 0 Å². The highest BCUT2D eigenvalue weighted by Gasteiger charge is 2.30. The maximum absolute atomic E-state index is 11.7. The molecule has 3 amide bonds. The normalized spacial score (nSPS) is 17.6. The van der Waals surface area contributed by atoms with Gasteiger partial charge in [-0.2, -0.15) is 0 Å². The minimum Gasteiger partial charge on any atom is -0.493 e. The summed E-state index contributed by atoms with van der Waals surface area (Å²) < 4.78 is 10.8. The minimum atomic E-state index is -0.629. The highest BCUT2D eigenvalue weighted by Crippen LogP contribution is 2.33. The molecule has 4 N–H and O–H groups in total. The lowest BCUT2D eigenvalue weighted by Gasteiger charge is -2.28. The zero-order valence-corrected chi connectivity index (χ0v) is 12.7. The number of carbonyl (C=O) groups is 2. The second-order valence-electron chi connectivity index (χ2n) is 4.78. The Bertz CT molecular complexity index is 640. The first kappa shape index (κ1) is 15.7. The van der Waals surface area contributed by atoms with Gasteiger partial charge in [-0.05, 0) is 31.5 Å². The SMILES string of the molecule is CCOc1ccc([C@H]2NC(=O)NC(C)=C2C(N)=O)cc1OC. The van der Waals surface area contributed by atoms with Crippen LogP contribution in [0.15, 0.2) is 29.5 Å². The fraction of sp³-hybridized carbons (Fsp3) is 0.333. The number of nitrogens with one attached hydrogen (secondary N) is 2. The Morgan fingerprint density at radius 2 is 2.09 bits per heavy atom. The lowest BCUT2D eigenvalue weighted by atomic mass is 9.95. The Kier molecular flexibility index (Phi) is 4.55. The van der Waals surface area contributed by atoms with Crippen molar-refractivity contribution < 1.29 is 19.1 Å². The summed E-state index contributed by atoms with van der Waals surface area (Å²) in [5.41, 5.74) is 6.87. The molecule has 0 bridgehead atoms. The van der Waals surface area contributed by atoms with Crippen molar-refractivity contribution in [1.29, 1.82) is 0 Å². The molecule has 0 unspecified atom stereocenters. The van der Waals surface area contributed by atoms with Crippen molar-refractivity contribution >= 4 is 11.9 Å². The van der Waals surface area contributed by atoms with Crippen molar-refractivity contribution in [1.82, 2.24) is 10.6 Å². The van der Waals surface area contributed by atoms with Crippen LogP contribution in [0.3, 0.4) is 0 Å². The average Bonchev–Trinajstić information content (AvgIpc) is 2.46. The number of carbonyl (C=O) groups excluding carboxylic acids is 2. The molecule has 22 heavy (non-hydrogen) atoms. The van der Waals surface area contributed by atoms with Crippen LogP contribution in [0.2, 0.25) is 0 Å². The van der Waals surface area contributed by atoms with Crippen molar-refractivity contribution in [3.05, 3.63) is 35.0 Å². The molecule has 7 nitrogen and oxygen atoms in total. The summed E-state index contributed by atoms with van der Waals surface area (Å²) >= 11 is 0. The number of allylic oxidation sites excluding steroid dienone is 1. The topological polar surface area (TPSA) is 103 Å². The summed E-state index contributed by atoms with van der Waals surface area (Å²) in [5, 5.41) is 5.24. The van der Waals surface area contributed by atoms with Crippen LogP contribution in [0, 0.1) is 0 Å². The lowest BCUT2D eigenvalue weighted by molar-refractivity contribution is -0.115. The molecular weight excluding hydrogens is 286 g/mol. The van der Waals surface area contributed by atoms with E-state index in [4.69, 9.17) is 15.2 Å². The fourth-order valence-corrected chi connectivity index (χ4v) is 2.41. The molecule has 1 heterocycles. The summed E-state index contributed by atoms with van der Waals surface area (Å²) in [6, 6.07) is 4.20. The summed E-state index contributed by atoms with van der Waals surface area (Å²) in [5.74, 6) is 0.520. The molecule has 0 radical (unpaired) electrons. The molecule has 0 aliphatic carbocycles. The summed E-state index contributed by atoms with van der Waals surface area (Å²) in [7, 11) is 1.53. The summed E-state index contributed by atoms with van der Waals surface area (Å²) in [6.45, 7) is 4.01. The molecule has 2 rings (SSSR count). The first-order valence-electron chi connectivity index (χ1n) is 6.86. The van der Waals surface area contributed by atoms with Crippen molar-refractivity contribution in [2.75, 3.05) is 13.7 Å². The average molecular weight is 305 g/mol. The number of hydrogen-bond acceptors (Lipinski definition) is 4. The van der Waals surface area contributed by atoms with E-state index in [-0.39, 0.29) is 6.03 Å². The zero-order valence-electron chi connectivity index (χ0n) is 12.7. The van der Waals surface area contributed by atoms with Gasteiger partial charge in [-0.3, -0.25) is 4.79 Å². The number of urea groups is 1. The van der Waals surface area contributed by atoms with Gasteiger partial charge in [0.25, 0.3) is 0 Å². The first-order chi connectivity index (χ1) is 10.5. The number of amides is 3. The van der Waals surface area contributed by atoms with E-state index < -0.39 is 11.9 Å². The Labute approximate surface area is 128 Å². The summed E-state index contributed by atoms with van der Waals surface area (Å²) in [6.07, 6.45) is 0. The Morgan fingerprint density at radius 3 is 2.68 bits per heavy atom. The van der Waals surface area contributed by atoms with Gasteiger partial charge in [-0.25, -0.2) is 4.79 Å². The highest BCUT2D eigenvalue weighted by atomic mass is 16.5. The number of benzene rings is 1. The van der Waals surface area contributed by atoms with Crippen molar-refractivity contribution in [2.45, 2.75) is 19.9 Å². The first-order valence-corrected chi connectivity index (χ1v) is 6.86. The van der Waals surface area contributed by atoms with Crippen LogP contribution in [0.1, 0.15) is 25.5 Å². The van der Waals surface area contributed by atoms with Crippen LogP contribution >= 0.6 is 0 Å². The van der Waals surface area contributed by atoms with Gasteiger partial charge in [0.2, 0.25) is 5.91 Å². The number of ether oxygens (including phenoxy) is 2. The number of methoxy groups -OCH3 is 1. The van der Waals surface area contributed by atoms with Crippen molar-refractivity contribution in [3.8, 4) is 11.5 Å². The Morgan fingerprint density at radius 1 is 1.36 bits per heavy atom. The van der Waals surface area contributed by atoms with Crippen LogP contribution < -0.4 is 25.8 Å². The quantitative estimate of drug-likeness (QED) is 0.760. The van der Waals surface area contributed by atoms with Gasteiger partial charge >= 0.3 is 6.03 Å². The Hall–Kier alpha value is -2.70. The highest BCUT2D eigenvalue weighted by molar-refractivity contribution is 5.97. The van der Waals surface area contributed by atoms with E-state index in [1.54, 1.807) is 25.1 Å². The third kappa shape index (κ3) is 2.98. The molecule has 0 fully saturated rings. The number of rotatable bonds is 5. The number of primary amides is 1. The molecule has 1 aliphatic heterocycles. The number of nitrogens with two attached hydrogens (primary N) is 1. The summed E-state index contributed by atoms with van der Waals surface area (Å²) in [4.78, 5) is 23.4. The van der Waals surface area contributed by atoms with Gasteiger partial charge in [0.15, 0.2) is 11.5 Å². The monoisotopic (exact) mass is 305 g/mol. The van der Waals surface area contributed by atoms with Crippen LogP contribution in [-0.2, 0) is 4.79 Å². The van der Waals surface area contributed by atoms with Gasteiger partial charge in [0.05, 0.1) is 25.3 Å². The molecule has 0 saturated carbocycles. The van der Waals surface area contributed by atoms with Crippen LogP contribution in [0.25, 0.3) is 0 Å². The second-order valence-corrected chi connectivity index (χ2v) is 4.78. The van der Waals surface area contributed by atoms with Gasteiger partial charge in [0, 0.05) is 5.70 Å². The van der Waals surface area contributed by atoms with Crippen LogP contribution in [0.5, 0.6) is 11.5 Å². The maximum atomic E-state index is 11.7. The molecule has 0 saturated heterocycles. The van der Waals surface area contributed by atoms with Gasteiger partial charge in [-0.15, -0.1) is 0 Å². The van der Waals surface area contributed by atoms with Crippen molar-refractivity contribution in [2.24, 2.45) is 5.73 Å². The lowest BCUT2D eigenvalue weighted by Crippen LogP contribution is -2.46.